The van der Waals surface area contributed by atoms with Crippen LogP contribution in [-0.2, 0) is 14.3 Å². The molecule has 0 spiro atoms. The van der Waals surface area contributed by atoms with E-state index in [9.17, 15) is 4.79 Å². The van der Waals surface area contributed by atoms with Crippen molar-refractivity contribution >= 4 is 5.97 Å². The molecule has 0 radical (unpaired) electrons. The minimum Gasteiger partial charge on any atom is -0.459 e. The summed E-state index contributed by atoms with van der Waals surface area (Å²) in [5, 5.41) is 0. The molecule has 1 aliphatic rings. The van der Waals surface area contributed by atoms with E-state index in [0.717, 1.165) is 6.42 Å². The average Bonchev–Trinajstić information content (AvgIpc) is 2.80. The van der Waals surface area contributed by atoms with Gasteiger partial charge in [0.2, 0.25) is 0 Å². The van der Waals surface area contributed by atoms with Crippen LogP contribution in [0.2, 0.25) is 0 Å². The van der Waals surface area contributed by atoms with Gasteiger partial charge in [-0.3, -0.25) is 4.79 Å². The van der Waals surface area contributed by atoms with Gasteiger partial charge in [0.15, 0.2) is 0 Å². The van der Waals surface area contributed by atoms with Gasteiger partial charge in [0, 0.05) is 5.41 Å². The van der Waals surface area contributed by atoms with E-state index in [4.69, 9.17) is 9.47 Å². The lowest BCUT2D eigenvalue weighted by atomic mass is 9.69. The second kappa shape index (κ2) is 4.84. The van der Waals surface area contributed by atoms with E-state index in [0.29, 0.717) is 13.0 Å². The lowest BCUT2D eigenvalue weighted by molar-refractivity contribution is -0.175. The van der Waals surface area contributed by atoms with Crippen molar-refractivity contribution in [3.63, 3.8) is 0 Å². The van der Waals surface area contributed by atoms with Gasteiger partial charge in [-0.15, -0.1) is 0 Å². The molecule has 1 saturated heterocycles. The molecule has 0 saturated carbocycles. The largest absolute Gasteiger partial charge is 0.459 e. The van der Waals surface area contributed by atoms with Gasteiger partial charge in [0.05, 0.1) is 19.1 Å². The molecule has 0 amide bonds. The van der Waals surface area contributed by atoms with Gasteiger partial charge in [-0.05, 0) is 18.8 Å². The fourth-order valence-electron chi connectivity index (χ4n) is 2.13. The van der Waals surface area contributed by atoms with E-state index >= 15 is 0 Å². The van der Waals surface area contributed by atoms with Crippen molar-refractivity contribution in [3.05, 3.63) is 0 Å². The summed E-state index contributed by atoms with van der Waals surface area (Å²) in [6, 6.07) is 0. The zero-order valence-corrected chi connectivity index (χ0v) is 12.9. The van der Waals surface area contributed by atoms with Gasteiger partial charge in [0.1, 0.15) is 5.60 Å². The van der Waals surface area contributed by atoms with Crippen LogP contribution < -0.4 is 0 Å². The summed E-state index contributed by atoms with van der Waals surface area (Å²) in [5.41, 5.74) is -0.407. The van der Waals surface area contributed by atoms with Gasteiger partial charge in [-0.2, -0.15) is 0 Å². The fraction of sp³-hybridized carbons (Fsp3) is 0.933. The van der Waals surface area contributed by atoms with E-state index < -0.39 is 5.60 Å². The summed E-state index contributed by atoms with van der Waals surface area (Å²) in [7, 11) is 0. The molecular formula is C15H28O3. The SMILES string of the molecule is CC(C)(C)CC(C)(OC(=O)CC1CO1)C(C)(C)C. The summed E-state index contributed by atoms with van der Waals surface area (Å²) in [6.07, 6.45) is 1.33. The maximum absolute atomic E-state index is 11.9. The molecule has 0 aromatic carbocycles. The van der Waals surface area contributed by atoms with Crippen LogP contribution in [0.4, 0.5) is 0 Å². The van der Waals surface area contributed by atoms with Crippen LogP contribution >= 0.6 is 0 Å². The molecule has 18 heavy (non-hydrogen) atoms. The standard InChI is InChI=1S/C15H28O3/c1-13(2,3)10-15(7,14(4,5)6)18-12(16)8-11-9-17-11/h11H,8-10H2,1-7H3. The summed E-state index contributed by atoms with van der Waals surface area (Å²) in [5.74, 6) is -0.140. The third kappa shape index (κ3) is 4.60. The Bertz CT molecular complexity index is 305. The van der Waals surface area contributed by atoms with Crippen LogP contribution in [0.5, 0.6) is 0 Å². The van der Waals surface area contributed by atoms with Crippen molar-refractivity contribution in [2.24, 2.45) is 10.8 Å². The topological polar surface area (TPSA) is 38.8 Å². The summed E-state index contributed by atoms with van der Waals surface area (Å²) >= 11 is 0. The van der Waals surface area contributed by atoms with Crippen molar-refractivity contribution < 1.29 is 14.3 Å². The maximum atomic E-state index is 11.9. The number of rotatable bonds is 4. The first kappa shape index (κ1) is 15.5. The van der Waals surface area contributed by atoms with Gasteiger partial charge in [-0.1, -0.05) is 41.5 Å². The lowest BCUT2D eigenvalue weighted by Gasteiger charge is -2.44. The number of epoxide rings is 1. The normalized spacial score (nSPS) is 23.4. The van der Waals surface area contributed by atoms with E-state index in [1.165, 1.54) is 0 Å². The second-order valence-electron chi connectivity index (χ2n) is 7.85. The molecule has 1 aliphatic heterocycles. The molecule has 0 aromatic heterocycles. The number of carbonyl (C=O) groups excluding carboxylic acids is 1. The van der Waals surface area contributed by atoms with E-state index in [1.807, 2.05) is 6.92 Å². The van der Waals surface area contributed by atoms with E-state index in [-0.39, 0.29) is 22.9 Å². The molecule has 106 valence electrons. The highest BCUT2D eigenvalue weighted by Gasteiger charge is 2.44. The minimum absolute atomic E-state index is 0.0830. The zero-order valence-electron chi connectivity index (χ0n) is 12.9. The molecular weight excluding hydrogens is 228 g/mol. The highest BCUT2D eigenvalue weighted by Crippen LogP contribution is 2.42. The van der Waals surface area contributed by atoms with Crippen molar-refractivity contribution in [1.29, 1.82) is 0 Å². The summed E-state index contributed by atoms with van der Waals surface area (Å²) in [4.78, 5) is 11.9. The maximum Gasteiger partial charge on any atom is 0.309 e. The molecule has 0 N–H and O–H groups in total. The quantitative estimate of drug-likeness (QED) is 0.570. The molecule has 3 heteroatoms. The van der Waals surface area contributed by atoms with E-state index in [1.54, 1.807) is 0 Å². The number of ether oxygens (including phenoxy) is 2. The molecule has 1 rings (SSSR count). The molecule has 2 atom stereocenters. The number of esters is 1. The van der Waals surface area contributed by atoms with Crippen molar-refractivity contribution in [2.75, 3.05) is 6.61 Å². The first-order valence-electron chi connectivity index (χ1n) is 6.76. The van der Waals surface area contributed by atoms with Crippen molar-refractivity contribution in [2.45, 2.75) is 73.0 Å². The Labute approximate surface area is 111 Å². The monoisotopic (exact) mass is 256 g/mol. The Kier molecular flexibility index (Phi) is 4.16. The smallest absolute Gasteiger partial charge is 0.309 e. The Morgan fingerprint density at radius 1 is 1.17 bits per heavy atom. The second-order valence-corrected chi connectivity index (χ2v) is 7.85. The van der Waals surface area contributed by atoms with E-state index in [2.05, 4.69) is 41.5 Å². The molecule has 1 heterocycles. The highest BCUT2D eigenvalue weighted by atomic mass is 16.6. The van der Waals surface area contributed by atoms with Gasteiger partial charge < -0.3 is 9.47 Å². The number of carbonyl (C=O) groups is 1. The predicted molar refractivity (Wildman–Crippen MR) is 72.4 cm³/mol. The highest BCUT2D eigenvalue weighted by molar-refractivity contribution is 5.71. The van der Waals surface area contributed by atoms with Crippen LogP contribution in [0.25, 0.3) is 0 Å². The molecule has 0 aromatic rings. The Morgan fingerprint density at radius 3 is 2.00 bits per heavy atom. The van der Waals surface area contributed by atoms with Gasteiger partial charge in [0.25, 0.3) is 0 Å². The van der Waals surface area contributed by atoms with Crippen LogP contribution in [0.1, 0.15) is 61.3 Å². The molecule has 0 bridgehead atoms. The van der Waals surface area contributed by atoms with Crippen LogP contribution in [0.15, 0.2) is 0 Å². The zero-order chi connectivity index (χ0) is 14.2. The molecule has 3 nitrogen and oxygen atoms in total. The first-order valence-corrected chi connectivity index (χ1v) is 6.76. The Balaban J connectivity index is 2.73. The van der Waals surface area contributed by atoms with Crippen molar-refractivity contribution in [1.82, 2.24) is 0 Å². The molecule has 1 fully saturated rings. The lowest BCUT2D eigenvalue weighted by Crippen LogP contribution is -2.47. The Morgan fingerprint density at radius 2 is 1.67 bits per heavy atom. The van der Waals surface area contributed by atoms with Crippen LogP contribution in [-0.4, -0.2) is 24.3 Å². The van der Waals surface area contributed by atoms with Gasteiger partial charge in [-0.25, -0.2) is 0 Å². The first-order chi connectivity index (χ1) is 7.93. The van der Waals surface area contributed by atoms with Crippen LogP contribution in [0, 0.1) is 10.8 Å². The summed E-state index contributed by atoms with van der Waals surface area (Å²) in [6.45, 7) is 15.6. The predicted octanol–water partition coefficient (Wildman–Crippen LogP) is 3.56. The van der Waals surface area contributed by atoms with Crippen LogP contribution in [0.3, 0.4) is 0 Å². The average molecular weight is 256 g/mol. The minimum atomic E-state index is -0.447. The number of hydrogen-bond donors (Lipinski definition) is 0. The Hall–Kier alpha value is -0.570. The van der Waals surface area contributed by atoms with Gasteiger partial charge >= 0.3 is 5.97 Å². The molecule has 2 unspecified atom stereocenters. The third-order valence-corrected chi connectivity index (χ3v) is 3.59. The van der Waals surface area contributed by atoms with Crippen molar-refractivity contribution in [3.8, 4) is 0 Å². The third-order valence-electron chi connectivity index (χ3n) is 3.59. The fourth-order valence-corrected chi connectivity index (χ4v) is 2.13. The number of hydrogen-bond acceptors (Lipinski definition) is 3. The summed E-state index contributed by atoms with van der Waals surface area (Å²) < 4.78 is 10.9. The molecule has 0 aliphatic carbocycles.